The maximum atomic E-state index is 11.9. The van der Waals surface area contributed by atoms with Crippen LogP contribution in [0.5, 0.6) is 0 Å². The van der Waals surface area contributed by atoms with E-state index in [4.69, 9.17) is 16.4 Å². The maximum absolute atomic E-state index is 11.9. The molecule has 0 bridgehead atoms. The summed E-state index contributed by atoms with van der Waals surface area (Å²) >= 11 is 5.74. The van der Waals surface area contributed by atoms with Crippen molar-refractivity contribution < 1.29 is 18.2 Å². The van der Waals surface area contributed by atoms with Gasteiger partial charge in [-0.3, -0.25) is 15.0 Å². The Labute approximate surface area is 115 Å². The fourth-order valence-electron chi connectivity index (χ4n) is 1.04. The molecule has 19 heavy (non-hydrogen) atoms. The summed E-state index contributed by atoms with van der Waals surface area (Å²) in [6.07, 6.45) is 0. The first-order chi connectivity index (χ1) is 8.53. The first-order valence-corrected chi connectivity index (χ1v) is 7.03. The molecule has 1 aromatic rings. The third-order valence-corrected chi connectivity index (χ3v) is 3.53. The Morgan fingerprint density at radius 3 is 2.42 bits per heavy atom. The van der Waals surface area contributed by atoms with Crippen molar-refractivity contribution in [3.05, 3.63) is 33.3 Å². The summed E-state index contributed by atoms with van der Waals surface area (Å²) in [4.78, 5) is 16.3. The van der Waals surface area contributed by atoms with Gasteiger partial charge in [0.2, 0.25) is 0 Å². The molecule has 0 unspecified atom stereocenters. The van der Waals surface area contributed by atoms with Crippen molar-refractivity contribution in [1.29, 1.82) is 0 Å². The molecule has 0 heterocycles. The summed E-state index contributed by atoms with van der Waals surface area (Å²) < 4.78 is 23.9. The van der Waals surface area contributed by atoms with Gasteiger partial charge in [0.05, 0.1) is 15.5 Å². The van der Waals surface area contributed by atoms with E-state index in [1.807, 2.05) is 4.89 Å². The van der Waals surface area contributed by atoms with Crippen LogP contribution in [0.2, 0.25) is 5.02 Å². The van der Waals surface area contributed by atoms with E-state index in [2.05, 4.69) is 0 Å². The number of nitrogens with one attached hydrogen (secondary N) is 1. The van der Waals surface area contributed by atoms with E-state index in [0.717, 1.165) is 18.2 Å². The van der Waals surface area contributed by atoms with E-state index in [1.54, 1.807) is 20.8 Å². The number of non-ortho nitro benzene ring substituents is 1. The molecule has 7 nitrogen and oxygen atoms in total. The fraction of sp³-hybridized carbons (Fsp3) is 0.400. The van der Waals surface area contributed by atoms with Crippen molar-refractivity contribution in [3.63, 3.8) is 0 Å². The number of rotatable bonds is 4. The first-order valence-electron chi connectivity index (χ1n) is 5.17. The molecular formula is C10H13ClN2O5S. The topological polar surface area (TPSA) is 98.5 Å². The van der Waals surface area contributed by atoms with Gasteiger partial charge in [0.25, 0.3) is 15.7 Å². The summed E-state index contributed by atoms with van der Waals surface area (Å²) in [6, 6.07) is 3.13. The lowest BCUT2D eigenvalue weighted by Gasteiger charge is -2.19. The number of hydrogen-bond donors (Lipinski definition) is 1. The minimum Gasteiger partial charge on any atom is -0.281 e. The standard InChI is InChI=1S/C10H13ClN2O5S/c1-10(2,3)18-12-19(16,17)9-6-7(13(14)15)4-5-8(9)11/h4-6,12H,1-3H3. The Bertz CT molecular complexity index is 594. The number of nitro groups is 1. The van der Waals surface area contributed by atoms with E-state index in [0.29, 0.717) is 0 Å². The van der Waals surface area contributed by atoms with Gasteiger partial charge >= 0.3 is 0 Å². The Morgan fingerprint density at radius 2 is 1.95 bits per heavy atom. The van der Waals surface area contributed by atoms with Gasteiger partial charge in [-0.25, -0.2) is 8.42 Å². The van der Waals surface area contributed by atoms with Gasteiger partial charge in [-0.15, -0.1) is 0 Å². The number of nitro benzene ring substituents is 1. The molecule has 0 saturated heterocycles. The van der Waals surface area contributed by atoms with Crippen LogP contribution in [-0.4, -0.2) is 18.9 Å². The molecule has 0 fully saturated rings. The largest absolute Gasteiger partial charge is 0.281 e. The van der Waals surface area contributed by atoms with Crippen LogP contribution in [0.25, 0.3) is 0 Å². The zero-order chi connectivity index (χ0) is 14.8. The molecule has 0 saturated carbocycles. The molecule has 0 atom stereocenters. The van der Waals surface area contributed by atoms with Gasteiger partial charge in [-0.1, -0.05) is 16.5 Å². The van der Waals surface area contributed by atoms with E-state index >= 15 is 0 Å². The molecule has 0 aliphatic carbocycles. The van der Waals surface area contributed by atoms with E-state index in [-0.39, 0.29) is 10.7 Å². The quantitative estimate of drug-likeness (QED) is 0.679. The third-order valence-electron chi connectivity index (χ3n) is 1.87. The van der Waals surface area contributed by atoms with Crippen LogP contribution in [0, 0.1) is 10.1 Å². The van der Waals surface area contributed by atoms with Gasteiger partial charge in [-0.05, 0) is 26.8 Å². The highest BCUT2D eigenvalue weighted by Gasteiger charge is 2.24. The third kappa shape index (κ3) is 4.43. The molecular weight excluding hydrogens is 296 g/mol. The molecule has 106 valence electrons. The molecule has 1 N–H and O–H groups in total. The number of sulfonamides is 1. The van der Waals surface area contributed by atoms with Crippen molar-refractivity contribution in [3.8, 4) is 0 Å². The Hall–Kier alpha value is -1.22. The van der Waals surface area contributed by atoms with Gasteiger partial charge in [0.15, 0.2) is 0 Å². The van der Waals surface area contributed by atoms with Crippen molar-refractivity contribution in [2.24, 2.45) is 0 Å². The van der Waals surface area contributed by atoms with Crippen molar-refractivity contribution in [2.75, 3.05) is 0 Å². The molecule has 1 aromatic carbocycles. The van der Waals surface area contributed by atoms with Crippen molar-refractivity contribution >= 4 is 27.3 Å². The van der Waals surface area contributed by atoms with Crippen LogP contribution >= 0.6 is 11.6 Å². The molecule has 0 amide bonds. The van der Waals surface area contributed by atoms with Crippen LogP contribution < -0.4 is 4.89 Å². The summed E-state index contributed by atoms with van der Waals surface area (Å²) in [7, 11) is -4.09. The summed E-state index contributed by atoms with van der Waals surface area (Å²) in [6.45, 7) is 4.93. The minimum absolute atomic E-state index is 0.129. The first kappa shape index (κ1) is 15.8. The monoisotopic (exact) mass is 308 g/mol. The highest BCUT2D eigenvalue weighted by Crippen LogP contribution is 2.26. The van der Waals surface area contributed by atoms with Gasteiger partial charge < -0.3 is 0 Å². The highest BCUT2D eigenvalue weighted by atomic mass is 35.5. The predicted octanol–water partition coefficient (Wildman–Crippen LogP) is 2.26. The van der Waals surface area contributed by atoms with E-state index in [9.17, 15) is 18.5 Å². The van der Waals surface area contributed by atoms with Gasteiger partial charge in [0.1, 0.15) is 4.90 Å². The number of nitrogens with zero attached hydrogens (tertiary/aromatic N) is 1. The SMILES string of the molecule is CC(C)(C)ONS(=O)(=O)c1cc([N+](=O)[O-])ccc1Cl. The predicted molar refractivity (Wildman–Crippen MR) is 69.3 cm³/mol. The Balaban J connectivity index is 3.14. The Kier molecular flexibility index (Phi) is 4.51. The Morgan fingerprint density at radius 1 is 1.37 bits per heavy atom. The van der Waals surface area contributed by atoms with Gasteiger partial charge in [0, 0.05) is 12.1 Å². The fourth-order valence-corrected chi connectivity index (χ4v) is 2.51. The average Bonchev–Trinajstić information content (AvgIpc) is 2.25. The number of halogens is 1. The number of benzene rings is 1. The lowest BCUT2D eigenvalue weighted by molar-refractivity contribution is -0.385. The summed E-state index contributed by atoms with van der Waals surface area (Å²) in [5, 5.41) is 10.5. The smallest absolute Gasteiger partial charge is 0.270 e. The molecule has 9 heteroatoms. The second-order valence-corrected chi connectivity index (χ2v) is 6.69. The maximum Gasteiger partial charge on any atom is 0.270 e. The van der Waals surface area contributed by atoms with Crippen LogP contribution in [0.15, 0.2) is 23.1 Å². The second-order valence-electron chi connectivity index (χ2n) is 4.67. The van der Waals surface area contributed by atoms with Crippen molar-refractivity contribution in [2.45, 2.75) is 31.3 Å². The number of hydrogen-bond acceptors (Lipinski definition) is 5. The lowest BCUT2D eigenvalue weighted by Crippen LogP contribution is -2.33. The summed E-state index contributed by atoms with van der Waals surface area (Å²) in [5.41, 5.74) is -1.12. The van der Waals surface area contributed by atoms with Crippen LogP contribution in [-0.2, 0) is 14.9 Å². The zero-order valence-corrected chi connectivity index (χ0v) is 12.1. The van der Waals surface area contributed by atoms with Gasteiger partial charge in [-0.2, -0.15) is 0 Å². The summed E-state index contributed by atoms with van der Waals surface area (Å²) in [5.74, 6) is 0. The van der Waals surface area contributed by atoms with Crippen molar-refractivity contribution in [1.82, 2.24) is 4.89 Å². The molecule has 0 radical (unpaired) electrons. The second kappa shape index (κ2) is 5.41. The van der Waals surface area contributed by atoms with Crippen LogP contribution in [0.3, 0.4) is 0 Å². The zero-order valence-electron chi connectivity index (χ0n) is 10.5. The molecule has 1 rings (SSSR count). The normalized spacial score (nSPS) is 12.4. The molecule has 0 aliphatic rings. The molecule has 0 spiro atoms. The minimum atomic E-state index is -4.09. The van der Waals surface area contributed by atoms with E-state index in [1.165, 1.54) is 0 Å². The molecule has 0 aliphatic heterocycles. The highest BCUT2D eigenvalue weighted by molar-refractivity contribution is 7.89. The molecule has 0 aromatic heterocycles. The van der Waals surface area contributed by atoms with Crippen LogP contribution in [0.1, 0.15) is 20.8 Å². The lowest BCUT2D eigenvalue weighted by atomic mass is 10.2. The average molecular weight is 309 g/mol. The van der Waals surface area contributed by atoms with Crippen LogP contribution in [0.4, 0.5) is 5.69 Å². The van der Waals surface area contributed by atoms with E-state index < -0.39 is 25.4 Å².